The third-order valence-corrected chi connectivity index (χ3v) is 3.55. The van der Waals surface area contributed by atoms with E-state index in [1.807, 2.05) is 0 Å². The molecule has 19 heavy (non-hydrogen) atoms. The van der Waals surface area contributed by atoms with Gasteiger partial charge in [0.05, 0.1) is 4.90 Å². The highest BCUT2D eigenvalue weighted by atomic mass is 35.7. The first-order valence-corrected chi connectivity index (χ1v) is 7.34. The van der Waals surface area contributed by atoms with Gasteiger partial charge in [-0.15, -0.1) is 0 Å². The Kier molecular flexibility index (Phi) is 3.73. The zero-order valence-electron chi connectivity index (χ0n) is 9.31. The Labute approximate surface area is 112 Å². The molecule has 0 aliphatic carbocycles. The van der Waals surface area contributed by atoms with Crippen LogP contribution in [0.15, 0.2) is 47.4 Å². The van der Waals surface area contributed by atoms with Gasteiger partial charge in [-0.2, -0.15) is 0 Å². The minimum Gasteiger partial charge on any atom is -0.457 e. The van der Waals surface area contributed by atoms with Gasteiger partial charge in [0.25, 0.3) is 9.05 Å². The molecule has 100 valence electrons. The van der Waals surface area contributed by atoms with E-state index in [1.165, 1.54) is 24.3 Å². The van der Waals surface area contributed by atoms with Crippen molar-refractivity contribution in [2.75, 3.05) is 0 Å². The number of hydrogen-bond acceptors (Lipinski definition) is 3. The van der Waals surface area contributed by atoms with Crippen molar-refractivity contribution in [3.63, 3.8) is 0 Å². The minimum absolute atomic E-state index is 0.0287. The van der Waals surface area contributed by atoms with Crippen molar-refractivity contribution in [3.8, 4) is 11.5 Å². The Balaban J connectivity index is 2.24. The standard InChI is InChI=1S/C12H7ClF2O3S/c13-19(16,17)12-3-1-10(2-4-12)18-11-6-8(14)5-9(15)7-11/h1-7H. The average molecular weight is 305 g/mol. The van der Waals surface area contributed by atoms with E-state index in [9.17, 15) is 17.2 Å². The monoisotopic (exact) mass is 304 g/mol. The van der Waals surface area contributed by atoms with Gasteiger partial charge in [0.15, 0.2) is 0 Å². The molecule has 0 saturated heterocycles. The van der Waals surface area contributed by atoms with E-state index in [2.05, 4.69) is 0 Å². The lowest BCUT2D eigenvalue weighted by Crippen LogP contribution is -1.91. The Hall–Kier alpha value is -1.66. The van der Waals surface area contributed by atoms with Crippen molar-refractivity contribution in [3.05, 3.63) is 54.1 Å². The molecule has 2 aromatic rings. The van der Waals surface area contributed by atoms with Crippen LogP contribution >= 0.6 is 10.7 Å². The van der Waals surface area contributed by atoms with Gasteiger partial charge in [0.1, 0.15) is 23.1 Å². The second-order valence-electron chi connectivity index (χ2n) is 3.62. The lowest BCUT2D eigenvalue weighted by Gasteiger charge is -2.06. The highest BCUT2D eigenvalue weighted by molar-refractivity contribution is 8.13. The number of hydrogen-bond donors (Lipinski definition) is 0. The molecule has 0 heterocycles. The first-order valence-electron chi connectivity index (χ1n) is 5.03. The summed E-state index contributed by atoms with van der Waals surface area (Å²) in [5, 5.41) is 0. The van der Waals surface area contributed by atoms with E-state index >= 15 is 0 Å². The van der Waals surface area contributed by atoms with Gasteiger partial charge in [-0.25, -0.2) is 17.2 Å². The van der Waals surface area contributed by atoms with Crippen molar-refractivity contribution >= 4 is 19.7 Å². The van der Waals surface area contributed by atoms with Crippen LogP contribution in [0.3, 0.4) is 0 Å². The summed E-state index contributed by atoms with van der Waals surface area (Å²) in [5.41, 5.74) is 0. The number of halogens is 3. The third-order valence-electron chi connectivity index (χ3n) is 2.18. The van der Waals surface area contributed by atoms with E-state index in [4.69, 9.17) is 15.4 Å². The minimum atomic E-state index is -3.81. The van der Waals surface area contributed by atoms with Crippen molar-refractivity contribution in [1.29, 1.82) is 0 Å². The fraction of sp³-hybridized carbons (Fsp3) is 0. The van der Waals surface area contributed by atoms with Crippen LogP contribution in [0.25, 0.3) is 0 Å². The van der Waals surface area contributed by atoms with Crippen LogP contribution in [0, 0.1) is 11.6 Å². The van der Waals surface area contributed by atoms with Gasteiger partial charge in [0.2, 0.25) is 0 Å². The van der Waals surface area contributed by atoms with Crippen LogP contribution < -0.4 is 4.74 Å². The molecule has 2 aromatic carbocycles. The second-order valence-corrected chi connectivity index (χ2v) is 6.18. The van der Waals surface area contributed by atoms with Gasteiger partial charge >= 0.3 is 0 Å². The molecule has 7 heteroatoms. The lowest BCUT2D eigenvalue weighted by atomic mass is 10.3. The largest absolute Gasteiger partial charge is 0.457 e. The summed E-state index contributed by atoms with van der Waals surface area (Å²) in [7, 11) is 1.34. The number of ether oxygens (including phenoxy) is 1. The van der Waals surface area contributed by atoms with Crippen LogP contribution in [0.4, 0.5) is 8.78 Å². The van der Waals surface area contributed by atoms with E-state index < -0.39 is 20.7 Å². The van der Waals surface area contributed by atoms with E-state index in [-0.39, 0.29) is 16.4 Å². The second kappa shape index (κ2) is 5.14. The van der Waals surface area contributed by atoms with Crippen molar-refractivity contribution in [2.45, 2.75) is 4.90 Å². The third kappa shape index (κ3) is 3.65. The van der Waals surface area contributed by atoms with Crippen LogP contribution in [0.1, 0.15) is 0 Å². The van der Waals surface area contributed by atoms with Gasteiger partial charge in [0, 0.05) is 28.9 Å². The molecule has 0 radical (unpaired) electrons. The molecule has 0 unspecified atom stereocenters. The van der Waals surface area contributed by atoms with E-state index in [1.54, 1.807) is 0 Å². The van der Waals surface area contributed by atoms with Gasteiger partial charge in [-0.1, -0.05) is 0 Å². The highest BCUT2D eigenvalue weighted by Crippen LogP contribution is 2.25. The van der Waals surface area contributed by atoms with Crippen LogP contribution in [0.5, 0.6) is 11.5 Å². The fourth-order valence-electron chi connectivity index (χ4n) is 1.39. The maximum Gasteiger partial charge on any atom is 0.261 e. The van der Waals surface area contributed by atoms with Crippen molar-refractivity contribution in [1.82, 2.24) is 0 Å². The molecule has 0 amide bonds. The normalized spacial score (nSPS) is 11.3. The molecular weight excluding hydrogens is 298 g/mol. The van der Waals surface area contributed by atoms with Crippen LogP contribution in [-0.4, -0.2) is 8.42 Å². The number of benzene rings is 2. The Morgan fingerprint density at radius 1 is 0.895 bits per heavy atom. The summed E-state index contributed by atoms with van der Waals surface area (Å²) in [5.74, 6) is -1.34. The molecule has 0 bridgehead atoms. The molecule has 0 aliphatic heterocycles. The predicted molar refractivity (Wildman–Crippen MR) is 65.9 cm³/mol. The smallest absolute Gasteiger partial charge is 0.261 e. The Morgan fingerprint density at radius 2 is 1.42 bits per heavy atom. The van der Waals surface area contributed by atoms with Gasteiger partial charge < -0.3 is 4.74 Å². The average Bonchev–Trinajstić information content (AvgIpc) is 2.26. The molecule has 0 saturated carbocycles. The summed E-state index contributed by atoms with van der Waals surface area (Å²) in [6, 6.07) is 7.86. The SMILES string of the molecule is O=S(=O)(Cl)c1ccc(Oc2cc(F)cc(F)c2)cc1. The van der Waals surface area contributed by atoms with Crippen LogP contribution in [0.2, 0.25) is 0 Å². The van der Waals surface area contributed by atoms with Gasteiger partial charge in [-0.05, 0) is 24.3 Å². The molecular formula is C12H7ClF2O3S. The quantitative estimate of drug-likeness (QED) is 0.812. The molecule has 2 rings (SSSR count). The molecule has 0 aliphatic rings. The van der Waals surface area contributed by atoms with Gasteiger partial charge in [-0.3, -0.25) is 0 Å². The first-order chi connectivity index (χ1) is 8.84. The summed E-state index contributed by atoms with van der Waals surface area (Å²) < 4.78 is 53.1. The first kappa shape index (κ1) is 13.8. The zero-order valence-corrected chi connectivity index (χ0v) is 10.9. The maximum atomic E-state index is 12.9. The molecule has 0 N–H and O–H groups in total. The molecule has 0 fully saturated rings. The lowest BCUT2D eigenvalue weighted by molar-refractivity contribution is 0.468. The fourth-order valence-corrected chi connectivity index (χ4v) is 2.16. The van der Waals surface area contributed by atoms with E-state index in [0.29, 0.717) is 0 Å². The molecule has 0 spiro atoms. The molecule has 0 aromatic heterocycles. The topological polar surface area (TPSA) is 43.4 Å². The van der Waals surface area contributed by atoms with E-state index in [0.717, 1.165) is 18.2 Å². The Bertz CT molecular complexity index is 679. The summed E-state index contributed by atoms with van der Waals surface area (Å²) in [6.45, 7) is 0. The molecule has 0 atom stereocenters. The summed E-state index contributed by atoms with van der Waals surface area (Å²) in [4.78, 5) is -0.0908. The highest BCUT2D eigenvalue weighted by Gasteiger charge is 2.10. The zero-order chi connectivity index (χ0) is 14.0. The number of rotatable bonds is 3. The predicted octanol–water partition coefficient (Wildman–Crippen LogP) is 3.68. The van der Waals surface area contributed by atoms with Crippen molar-refractivity contribution in [2.24, 2.45) is 0 Å². The molecule has 3 nitrogen and oxygen atoms in total. The Morgan fingerprint density at radius 3 is 1.89 bits per heavy atom. The maximum absolute atomic E-state index is 12.9. The summed E-state index contributed by atoms with van der Waals surface area (Å²) in [6.07, 6.45) is 0. The summed E-state index contributed by atoms with van der Waals surface area (Å²) >= 11 is 0. The van der Waals surface area contributed by atoms with Crippen molar-refractivity contribution < 1.29 is 21.9 Å². The van der Waals surface area contributed by atoms with Crippen LogP contribution in [-0.2, 0) is 9.05 Å².